The highest BCUT2D eigenvalue weighted by Crippen LogP contribution is 2.26. The fraction of sp³-hybridized carbons (Fsp3) is 0. The van der Waals surface area contributed by atoms with E-state index in [0.29, 0.717) is 11.3 Å². The quantitative estimate of drug-likeness (QED) is 0.593. The Morgan fingerprint density at radius 1 is 1.25 bits per heavy atom. The number of hydrogen-bond acceptors (Lipinski definition) is 4. The van der Waals surface area contributed by atoms with E-state index in [1.165, 1.54) is 24.5 Å². The monoisotopic (exact) mass is 235 g/mol. The molecule has 2 aromatic rings. The normalized spacial score (nSPS) is 10.1. The van der Waals surface area contributed by atoms with E-state index in [-0.39, 0.29) is 10.8 Å². The van der Waals surface area contributed by atoms with Crippen LogP contribution in [0.15, 0.2) is 36.7 Å². The molecule has 0 atom stereocenters. The van der Waals surface area contributed by atoms with Crippen molar-refractivity contribution in [1.82, 2.24) is 9.97 Å². The van der Waals surface area contributed by atoms with Crippen molar-refractivity contribution in [3.8, 4) is 11.3 Å². The van der Waals surface area contributed by atoms with Gasteiger partial charge in [0.15, 0.2) is 5.15 Å². The standard InChI is InChI=1S/C10H6ClN3O2/c11-10-9(12-4-5-13-10)7-2-1-3-8(6-7)14(15)16/h1-6H. The molecule has 0 aliphatic heterocycles. The van der Waals surface area contributed by atoms with Crippen molar-refractivity contribution >= 4 is 17.3 Å². The minimum atomic E-state index is -0.465. The topological polar surface area (TPSA) is 68.9 Å². The summed E-state index contributed by atoms with van der Waals surface area (Å²) in [5.41, 5.74) is 1.01. The van der Waals surface area contributed by atoms with Gasteiger partial charge in [-0.15, -0.1) is 0 Å². The highest BCUT2D eigenvalue weighted by atomic mass is 35.5. The van der Waals surface area contributed by atoms with Crippen LogP contribution in [0.4, 0.5) is 5.69 Å². The maximum Gasteiger partial charge on any atom is 0.270 e. The zero-order valence-corrected chi connectivity index (χ0v) is 8.76. The lowest BCUT2D eigenvalue weighted by atomic mass is 10.1. The third kappa shape index (κ3) is 1.99. The van der Waals surface area contributed by atoms with Gasteiger partial charge >= 0.3 is 0 Å². The Hall–Kier alpha value is -2.01. The zero-order valence-electron chi connectivity index (χ0n) is 8.00. The summed E-state index contributed by atoms with van der Waals surface area (Å²) in [4.78, 5) is 18.0. The third-order valence-electron chi connectivity index (χ3n) is 1.98. The first-order valence-corrected chi connectivity index (χ1v) is 4.77. The Kier molecular flexibility index (Phi) is 2.78. The van der Waals surface area contributed by atoms with Crippen molar-refractivity contribution in [2.45, 2.75) is 0 Å². The Labute approximate surface area is 95.9 Å². The lowest BCUT2D eigenvalue weighted by Crippen LogP contribution is -1.90. The van der Waals surface area contributed by atoms with E-state index < -0.39 is 4.92 Å². The summed E-state index contributed by atoms with van der Waals surface area (Å²) in [6, 6.07) is 6.10. The smallest absolute Gasteiger partial charge is 0.258 e. The molecule has 0 saturated carbocycles. The second-order valence-corrected chi connectivity index (χ2v) is 3.36. The van der Waals surface area contributed by atoms with Gasteiger partial charge in [0, 0.05) is 30.1 Å². The van der Waals surface area contributed by atoms with Crippen LogP contribution in [0.2, 0.25) is 5.15 Å². The van der Waals surface area contributed by atoms with Crippen molar-refractivity contribution in [1.29, 1.82) is 0 Å². The lowest BCUT2D eigenvalue weighted by Gasteiger charge is -2.01. The molecule has 0 bridgehead atoms. The van der Waals surface area contributed by atoms with Crippen LogP contribution in [0.1, 0.15) is 0 Å². The summed E-state index contributed by atoms with van der Waals surface area (Å²) in [6.45, 7) is 0. The Morgan fingerprint density at radius 3 is 2.69 bits per heavy atom. The van der Waals surface area contributed by atoms with Crippen LogP contribution in [-0.4, -0.2) is 14.9 Å². The maximum atomic E-state index is 10.6. The summed E-state index contributed by atoms with van der Waals surface area (Å²) in [7, 11) is 0. The van der Waals surface area contributed by atoms with Gasteiger partial charge in [0.25, 0.3) is 5.69 Å². The zero-order chi connectivity index (χ0) is 11.5. The highest BCUT2D eigenvalue weighted by Gasteiger charge is 2.10. The van der Waals surface area contributed by atoms with Crippen LogP contribution in [-0.2, 0) is 0 Å². The summed E-state index contributed by atoms with van der Waals surface area (Å²) in [5, 5.41) is 10.8. The Balaban J connectivity index is 2.53. The van der Waals surface area contributed by atoms with Crippen molar-refractivity contribution < 1.29 is 4.92 Å². The summed E-state index contributed by atoms with van der Waals surface area (Å²) >= 11 is 5.85. The number of nitrogens with zero attached hydrogens (tertiary/aromatic N) is 3. The van der Waals surface area contributed by atoms with Crippen molar-refractivity contribution in [2.24, 2.45) is 0 Å². The molecule has 80 valence electrons. The van der Waals surface area contributed by atoms with Crippen molar-refractivity contribution in [2.75, 3.05) is 0 Å². The number of hydrogen-bond donors (Lipinski definition) is 0. The SMILES string of the molecule is O=[N+]([O-])c1cccc(-c2nccnc2Cl)c1. The number of benzene rings is 1. The van der Waals surface area contributed by atoms with E-state index in [0.717, 1.165) is 0 Å². The molecule has 1 aromatic heterocycles. The van der Waals surface area contributed by atoms with Crippen LogP contribution in [0.5, 0.6) is 0 Å². The van der Waals surface area contributed by atoms with E-state index in [1.807, 2.05) is 0 Å². The largest absolute Gasteiger partial charge is 0.270 e. The molecule has 0 radical (unpaired) electrons. The van der Waals surface area contributed by atoms with Gasteiger partial charge in [-0.05, 0) is 0 Å². The lowest BCUT2D eigenvalue weighted by molar-refractivity contribution is -0.384. The van der Waals surface area contributed by atoms with Crippen molar-refractivity contribution in [3.05, 3.63) is 51.9 Å². The predicted octanol–water partition coefficient (Wildman–Crippen LogP) is 2.71. The first-order chi connectivity index (χ1) is 7.68. The van der Waals surface area contributed by atoms with Gasteiger partial charge in [0.1, 0.15) is 5.69 Å². The molecule has 16 heavy (non-hydrogen) atoms. The minimum absolute atomic E-state index is 0.000722. The molecule has 0 aliphatic carbocycles. The molecule has 2 rings (SSSR count). The van der Waals surface area contributed by atoms with Gasteiger partial charge in [-0.1, -0.05) is 23.7 Å². The third-order valence-corrected chi connectivity index (χ3v) is 2.26. The molecule has 6 heteroatoms. The Morgan fingerprint density at radius 2 is 2.00 bits per heavy atom. The molecule has 5 nitrogen and oxygen atoms in total. The first-order valence-electron chi connectivity index (χ1n) is 4.40. The van der Waals surface area contributed by atoms with Crippen LogP contribution in [0, 0.1) is 10.1 Å². The van der Waals surface area contributed by atoms with Crippen LogP contribution in [0.3, 0.4) is 0 Å². The van der Waals surface area contributed by atoms with Gasteiger partial charge in [-0.2, -0.15) is 0 Å². The number of rotatable bonds is 2. The van der Waals surface area contributed by atoms with E-state index >= 15 is 0 Å². The molecule has 0 aliphatic rings. The summed E-state index contributed by atoms with van der Waals surface area (Å²) in [6.07, 6.45) is 2.95. The van der Waals surface area contributed by atoms with Gasteiger partial charge in [0.05, 0.1) is 4.92 Å². The molecule has 0 saturated heterocycles. The maximum absolute atomic E-state index is 10.6. The molecular weight excluding hydrogens is 230 g/mol. The molecule has 0 unspecified atom stereocenters. The summed E-state index contributed by atoms with van der Waals surface area (Å²) < 4.78 is 0. The van der Waals surface area contributed by atoms with Crippen LogP contribution >= 0.6 is 11.6 Å². The predicted molar refractivity (Wildman–Crippen MR) is 59.1 cm³/mol. The minimum Gasteiger partial charge on any atom is -0.258 e. The number of non-ortho nitro benzene ring substituents is 1. The van der Waals surface area contributed by atoms with E-state index in [4.69, 9.17) is 11.6 Å². The van der Waals surface area contributed by atoms with Crippen LogP contribution in [0.25, 0.3) is 11.3 Å². The second kappa shape index (κ2) is 4.24. The molecule has 0 N–H and O–H groups in total. The highest BCUT2D eigenvalue weighted by molar-refractivity contribution is 6.31. The first kappa shape index (κ1) is 10.5. The molecular formula is C10H6ClN3O2. The van der Waals surface area contributed by atoms with Crippen molar-refractivity contribution in [3.63, 3.8) is 0 Å². The molecule has 1 aromatic carbocycles. The number of nitro benzene ring substituents is 1. The average molecular weight is 236 g/mol. The second-order valence-electron chi connectivity index (χ2n) is 3.00. The van der Waals surface area contributed by atoms with Gasteiger partial charge in [-0.3, -0.25) is 15.1 Å². The fourth-order valence-electron chi connectivity index (χ4n) is 1.28. The number of halogens is 1. The number of nitro groups is 1. The number of aromatic nitrogens is 2. The van der Waals surface area contributed by atoms with Crippen LogP contribution < -0.4 is 0 Å². The average Bonchev–Trinajstić information content (AvgIpc) is 2.30. The summed E-state index contributed by atoms with van der Waals surface area (Å²) in [5.74, 6) is 0. The van der Waals surface area contributed by atoms with Gasteiger partial charge in [-0.25, -0.2) is 4.98 Å². The van der Waals surface area contributed by atoms with E-state index in [9.17, 15) is 10.1 Å². The molecule has 0 spiro atoms. The van der Waals surface area contributed by atoms with E-state index in [1.54, 1.807) is 12.1 Å². The molecule has 0 fully saturated rings. The van der Waals surface area contributed by atoms with E-state index in [2.05, 4.69) is 9.97 Å². The fourth-order valence-corrected chi connectivity index (χ4v) is 1.50. The molecule has 0 amide bonds. The van der Waals surface area contributed by atoms with Gasteiger partial charge < -0.3 is 0 Å². The Bertz CT molecular complexity index is 545. The molecule has 1 heterocycles. The van der Waals surface area contributed by atoms with Gasteiger partial charge in [0.2, 0.25) is 0 Å².